The van der Waals surface area contributed by atoms with Crippen molar-refractivity contribution in [2.24, 2.45) is 0 Å². The Hall–Kier alpha value is -3.02. The molecule has 142 valence electrons. The van der Waals surface area contributed by atoms with Crippen molar-refractivity contribution >= 4 is 17.5 Å². The molecule has 0 saturated carbocycles. The predicted octanol–water partition coefficient (Wildman–Crippen LogP) is 2.36. The normalized spacial score (nSPS) is 14.0. The lowest BCUT2D eigenvalue weighted by molar-refractivity contribution is 0.0535. The van der Waals surface area contributed by atoms with Gasteiger partial charge in [-0.1, -0.05) is 0 Å². The fraction of sp³-hybridized carbons (Fsp3) is 0.333. The Morgan fingerprint density at radius 2 is 1.19 bits per heavy atom. The molecule has 0 N–H and O–H groups in total. The van der Waals surface area contributed by atoms with Crippen LogP contribution in [0.25, 0.3) is 0 Å². The fourth-order valence-corrected chi connectivity index (χ4v) is 3.11. The van der Waals surface area contributed by atoms with Crippen LogP contribution in [-0.2, 0) is 0 Å². The summed E-state index contributed by atoms with van der Waals surface area (Å²) < 4.78 is 5.13. The molecule has 0 unspecified atom stereocenters. The second-order valence-corrected chi connectivity index (χ2v) is 6.75. The second kappa shape index (κ2) is 8.12. The molecule has 0 aliphatic carbocycles. The first-order chi connectivity index (χ1) is 13.0. The van der Waals surface area contributed by atoms with Crippen molar-refractivity contribution in [1.29, 1.82) is 0 Å². The van der Waals surface area contributed by atoms with E-state index in [2.05, 4.69) is 0 Å². The molecular formula is C21H25N3O3. The van der Waals surface area contributed by atoms with Gasteiger partial charge < -0.3 is 19.4 Å². The maximum absolute atomic E-state index is 12.7. The van der Waals surface area contributed by atoms with Crippen LogP contribution in [0.1, 0.15) is 20.7 Å². The molecule has 1 heterocycles. The molecule has 27 heavy (non-hydrogen) atoms. The summed E-state index contributed by atoms with van der Waals surface area (Å²) in [5.41, 5.74) is 2.37. The van der Waals surface area contributed by atoms with E-state index in [1.807, 2.05) is 48.2 Å². The van der Waals surface area contributed by atoms with Gasteiger partial charge in [0.25, 0.3) is 11.8 Å². The van der Waals surface area contributed by atoms with Crippen LogP contribution in [0.2, 0.25) is 0 Å². The van der Waals surface area contributed by atoms with E-state index < -0.39 is 0 Å². The molecule has 0 atom stereocenters. The molecule has 6 heteroatoms. The van der Waals surface area contributed by atoms with Gasteiger partial charge in [0.1, 0.15) is 5.75 Å². The van der Waals surface area contributed by atoms with Crippen molar-refractivity contribution in [2.45, 2.75) is 0 Å². The van der Waals surface area contributed by atoms with Gasteiger partial charge in [-0.05, 0) is 48.5 Å². The number of anilines is 1. The highest BCUT2D eigenvalue weighted by atomic mass is 16.5. The van der Waals surface area contributed by atoms with Gasteiger partial charge in [0.05, 0.1) is 7.11 Å². The molecule has 6 nitrogen and oxygen atoms in total. The van der Waals surface area contributed by atoms with Gasteiger partial charge in [-0.2, -0.15) is 0 Å². The number of ether oxygens (including phenoxy) is 1. The SMILES string of the molecule is COc1ccc(C(=O)N2CCN(C(=O)c3ccc(N(C)C)cc3)CC2)cc1. The standard InChI is InChI=1S/C21H25N3O3/c1-22(2)18-8-4-16(5-9-18)20(25)23-12-14-24(15-13-23)21(26)17-6-10-19(27-3)11-7-17/h4-11H,12-15H2,1-3H3. The molecule has 2 amide bonds. The highest BCUT2D eigenvalue weighted by molar-refractivity contribution is 5.96. The summed E-state index contributed by atoms with van der Waals surface area (Å²) in [7, 11) is 5.53. The van der Waals surface area contributed by atoms with Gasteiger partial charge in [-0.25, -0.2) is 0 Å². The van der Waals surface area contributed by atoms with Gasteiger partial charge in [0.15, 0.2) is 0 Å². The minimum atomic E-state index is -0.0138. The molecule has 0 bridgehead atoms. The highest BCUT2D eigenvalue weighted by Gasteiger charge is 2.25. The number of amides is 2. The van der Waals surface area contributed by atoms with Gasteiger partial charge in [0.2, 0.25) is 0 Å². The van der Waals surface area contributed by atoms with E-state index in [1.165, 1.54) is 0 Å². The number of methoxy groups -OCH3 is 1. The predicted molar refractivity (Wildman–Crippen MR) is 106 cm³/mol. The summed E-state index contributed by atoms with van der Waals surface area (Å²) in [5, 5.41) is 0. The van der Waals surface area contributed by atoms with E-state index >= 15 is 0 Å². The Labute approximate surface area is 159 Å². The minimum absolute atomic E-state index is 0.0110. The highest BCUT2D eigenvalue weighted by Crippen LogP contribution is 2.17. The van der Waals surface area contributed by atoms with E-state index in [9.17, 15) is 9.59 Å². The first kappa shape index (κ1) is 18.8. The molecule has 2 aromatic rings. The van der Waals surface area contributed by atoms with E-state index in [4.69, 9.17) is 4.74 Å². The molecule has 1 fully saturated rings. The van der Waals surface area contributed by atoms with Crippen LogP contribution in [0.4, 0.5) is 5.69 Å². The quantitative estimate of drug-likeness (QED) is 0.833. The molecule has 0 aromatic heterocycles. The number of rotatable bonds is 4. The summed E-state index contributed by atoms with van der Waals surface area (Å²) in [6.45, 7) is 2.14. The van der Waals surface area contributed by atoms with Crippen LogP contribution in [0.15, 0.2) is 48.5 Å². The molecule has 1 saturated heterocycles. The van der Waals surface area contributed by atoms with Crippen molar-refractivity contribution in [3.05, 3.63) is 59.7 Å². The summed E-state index contributed by atoms with van der Waals surface area (Å²) in [5.74, 6) is 0.721. The third-order valence-corrected chi connectivity index (χ3v) is 4.82. The number of benzene rings is 2. The minimum Gasteiger partial charge on any atom is -0.497 e. The van der Waals surface area contributed by atoms with Crippen molar-refractivity contribution in [3.8, 4) is 5.75 Å². The maximum Gasteiger partial charge on any atom is 0.253 e. The lowest BCUT2D eigenvalue weighted by atomic mass is 10.1. The summed E-state index contributed by atoms with van der Waals surface area (Å²) in [6.07, 6.45) is 0. The van der Waals surface area contributed by atoms with Gasteiger partial charge >= 0.3 is 0 Å². The number of hydrogen-bond acceptors (Lipinski definition) is 4. The maximum atomic E-state index is 12.7. The van der Waals surface area contributed by atoms with E-state index in [0.717, 1.165) is 11.4 Å². The molecule has 0 radical (unpaired) electrons. The Bertz CT molecular complexity index is 792. The van der Waals surface area contributed by atoms with Crippen molar-refractivity contribution in [3.63, 3.8) is 0 Å². The van der Waals surface area contributed by atoms with Gasteiger partial charge in [0, 0.05) is 57.1 Å². The Kier molecular flexibility index (Phi) is 5.64. The zero-order chi connectivity index (χ0) is 19.4. The average Bonchev–Trinajstić information content (AvgIpc) is 2.73. The Morgan fingerprint density at radius 3 is 1.56 bits per heavy atom. The molecule has 2 aromatic carbocycles. The zero-order valence-electron chi connectivity index (χ0n) is 16.0. The molecule has 0 spiro atoms. The van der Waals surface area contributed by atoms with Gasteiger partial charge in [-0.3, -0.25) is 9.59 Å². The Morgan fingerprint density at radius 1 is 0.778 bits per heavy atom. The first-order valence-electron chi connectivity index (χ1n) is 8.99. The molecule has 1 aliphatic rings. The largest absolute Gasteiger partial charge is 0.497 e. The number of carbonyl (C=O) groups excluding carboxylic acids is 2. The fourth-order valence-electron chi connectivity index (χ4n) is 3.11. The topological polar surface area (TPSA) is 53.1 Å². The number of nitrogens with zero attached hydrogens (tertiary/aromatic N) is 3. The number of hydrogen-bond donors (Lipinski definition) is 0. The molecular weight excluding hydrogens is 342 g/mol. The van der Waals surface area contributed by atoms with E-state index in [-0.39, 0.29) is 11.8 Å². The lowest BCUT2D eigenvalue weighted by Gasteiger charge is -2.35. The van der Waals surface area contributed by atoms with Gasteiger partial charge in [-0.15, -0.1) is 0 Å². The summed E-state index contributed by atoms with van der Waals surface area (Å²) >= 11 is 0. The van der Waals surface area contributed by atoms with Crippen LogP contribution in [0.3, 0.4) is 0 Å². The summed E-state index contributed by atoms with van der Waals surface area (Å²) in [6, 6.07) is 14.7. The third kappa shape index (κ3) is 4.22. The smallest absolute Gasteiger partial charge is 0.253 e. The molecule has 3 rings (SSSR count). The van der Waals surface area contributed by atoms with E-state index in [1.54, 1.807) is 36.3 Å². The second-order valence-electron chi connectivity index (χ2n) is 6.75. The van der Waals surface area contributed by atoms with Crippen molar-refractivity contribution in [1.82, 2.24) is 9.80 Å². The lowest BCUT2D eigenvalue weighted by Crippen LogP contribution is -2.50. The monoisotopic (exact) mass is 367 g/mol. The van der Waals surface area contributed by atoms with Crippen LogP contribution in [0, 0.1) is 0 Å². The van der Waals surface area contributed by atoms with Crippen LogP contribution < -0.4 is 9.64 Å². The first-order valence-corrected chi connectivity index (χ1v) is 8.99. The zero-order valence-corrected chi connectivity index (χ0v) is 16.0. The van der Waals surface area contributed by atoms with Crippen LogP contribution >= 0.6 is 0 Å². The van der Waals surface area contributed by atoms with E-state index in [0.29, 0.717) is 37.3 Å². The Balaban J connectivity index is 1.59. The number of piperazine rings is 1. The summed E-state index contributed by atoms with van der Waals surface area (Å²) in [4.78, 5) is 30.9. The van der Waals surface area contributed by atoms with Crippen molar-refractivity contribution < 1.29 is 14.3 Å². The third-order valence-electron chi connectivity index (χ3n) is 4.82. The molecule has 1 aliphatic heterocycles. The average molecular weight is 367 g/mol. The number of carbonyl (C=O) groups is 2. The van der Waals surface area contributed by atoms with Crippen molar-refractivity contribution in [2.75, 3.05) is 52.3 Å². The van der Waals surface area contributed by atoms with Crippen LogP contribution in [-0.4, -0.2) is 69.0 Å². The van der Waals surface area contributed by atoms with Crippen LogP contribution in [0.5, 0.6) is 5.75 Å².